The van der Waals surface area contributed by atoms with Crippen molar-refractivity contribution in [2.45, 2.75) is 25.5 Å². The molecule has 0 bridgehead atoms. The van der Waals surface area contributed by atoms with E-state index in [1.165, 1.54) is 28.0 Å². The number of fused-ring (bicyclic) bond motifs is 1. The second kappa shape index (κ2) is 8.24. The average Bonchev–Trinajstić information content (AvgIpc) is 2.74. The van der Waals surface area contributed by atoms with Gasteiger partial charge in [-0.05, 0) is 74.5 Å². The number of nitrogens with zero attached hydrogens (tertiary/aromatic N) is 2. The fraction of sp³-hybridized carbons (Fsp3) is 0.286. The van der Waals surface area contributed by atoms with Crippen LogP contribution < -0.4 is 9.64 Å². The van der Waals surface area contributed by atoms with Crippen LogP contribution in [0.15, 0.2) is 78.4 Å². The van der Waals surface area contributed by atoms with E-state index in [-0.39, 0.29) is 5.60 Å². The number of hydrogen-bond donors (Lipinski definition) is 0. The molecule has 1 heterocycles. The van der Waals surface area contributed by atoms with Gasteiger partial charge in [0.2, 0.25) is 0 Å². The molecule has 0 N–H and O–H groups in total. The van der Waals surface area contributed by atoms with Crippen LogP contribution >= 0.6 is 0 Å². The molecule has 1 aliphatic heterocycles. The molecule has 0 unspecified atom stereocenters. The van der Waals surface area contributed by atoms with E-state index < -0.39 is 0 Å². The predicted octanol–water partition coefficient (Wildman–Crippen LogP) is 5.79. The van der Waals surface area contributed by atoms with E-state index in [0.29, 0.717) is 6.04 Å². The molecule has 1 aliphatic carbocycles. The summed E-state index contributed by atoms with van der Waals surface area (Å²) >= 11 is 0. The molecule has 0 saturated heterocycles. The molecule has 0 fully saturated rings. The van der Waals surface area contributed by atoms with Crippen LogP contribution in [-0.4, -0.2) is 44.7 Å². The summed E-state index contributed by atoms with van der Waals surface area (Å²) in [5.74, 6) is 0.933. The van der Waals surface area contributed by atoms with E-state index in [1.807, 2.05) is 0 Å². The van der Waals surface area contributed by atoms with Crippen molar-refractivity contribution in [3.63, 3.8) is 0 Å². The Morgan fingerprint density at radius 2 is 1.55 bits per heavy atom. The van der Waals surface area contributed by atoms with Crippen LogP contribution in [0.3, 0.4) is 0 Å². The van der Waals surface area contributed by atoms with Gasteiger partial charge in [0.05, 0.1) is 0 Å². The van der Waals surface area contributed by atoms with Crippen LogP contribution in [0, 0.1) is 0 Å². The minimum atomic E-state index is -0.296. The number of allylic oxidation sites excluding steroid dienone is 3. The zero-order valence-electron chi connectivity index (χ0n) is 19.4. The molecule has 31 heavy (non-hydrogen) atoms. The lowest BCUT2D eigenvalue weighted by atomic mass is 9.86. The molecule has 160 valence electrons. The summed E-state index contributed by atoms with van der Waals surface area (Å²) in [6, 6.07) is 15.5. The van der Waals surface area contributed by atoms with Crippen molar-refractivity contribution in [1.82, 2.24) is 4.90 Å². The zero-order valence-corrected chi connectivity index (χ0v) is 19.4. The average molecular weight is 413 g/mol. The third-order valence-electron chi connectivity index (χ3n) is 5.86. The first-order chi connectivity index (χ1) is 14.7. The van der Waals surface area contributed by atoms with Crippen molar-refractivity contribution in [2.75, 3.05) is 33.1 Å². The lowest BCUT2D eigenvalue weighted by molar-refractivity contribution is 0.159. The number of benzene rings is 2. The van der Waals surface area contributed by atoms with Crippen LogP contribution in [0.1, 0.15) is 30.5 Å². The summed E-state index contributed by atoms with van der Waals surface area (Å²) in [5.41, 5.74) is 6.85. The highest BCUT2D eigenvalue weighted by Crippen LogP contribution is 2.40. The smallest absolute Gasteiger partial charge is 0.128 e. The highest BCUT2D eigenvalue weighted by molar-refractivity contribution is 5.91. The second-order valence-corrected chi connectivity index (χ2v) is 9.20. The molecule has 2 aromatic rings. The first-order valence-electron chi connectivity index (χ1n) is 10.8. The molecule has 4 rings (SSSR count). The fourth-order valence-electron chi connectivity index (χ4n) is 4.06. The van der Waals surface area contributed by atoms with Crippen molar-refractivity contribution in [2.24, 2.45) is 0 Å². The molecular formula is C28H32N2O. The Morgan fingerprint density at radius 1 is 0.871 bits per heavy atom. The maximum absolute atomic E-state index is 6.27. The van der Waals surface area contributed by atoms with E-state index in [9.17, 15) is 0 Å². The van der Waals surface area contributed by atoms with Crippen molar-refractivity contribution >= 4 is 17.3 Å². The number of anilines is 1. The van der Waals surface area contributed by atoms with Gasteiger partial charge in [0.1, 0.15) is 11.4 Å². The standard InChI is InChI=1S/C28H32N2O/c1-28(2)19-18-24-25(8-7-9-26(24)31-28)27(20-10-14-22(15-11-20)29(3)4)21-12-16-23(17-13-21)30(5)6/h7-19,22H,1-6H3. The van der Waals surface area contributed by atoms with Gasteiger partial charge in [-0.1, -0.05) is 54.6 Å². The first kappa shape index (κ1) is 21.2. The summed E-state index contributed by atoms with van der Waals surface area (Å²) in [5, 5.41) is 0. The molecule has 2 aromatic carbocycles. The second-order valence-electron chi connectivity index (χ2n) is 9.20. The SMILES string of the molecule is CN(C)c1ccc(C(=C2C=CC(N(C)C)C=C2)c2cccc3c2C=CC(C)(C)O3)cc1. The Labute approximate surface area is 186 Å². The van der Waals surface area contributed by atoms with Gasteiger partial charge in [0.15, 0.2) is 0 Å². The monoisotopic (exact) mass is 412 g/mol. The number of rotatable bonds is 4. The van der Waals surface area contributed by atoms with Crippen molar-refractivity contribution < 1.29 is 4.74 Å². The lowest BCUT2D eigenvalue weighted by Gasteiger charge is -2.29. The fourth-order valence-corrected chi connectivity index (χ4v) is 4.06. The van der Waals surface area contributed by atoms with Crippen molar-refractivity contribution in [3.05, 3.63) is 95.1 Å². The minimum absolute atomic E-state index is 0.296. The van der Waals surface area contributed by atoms with Crippen LogP contribution in [0.2, 0.25) is 0 Å². The van der Waals surface area contributed by atoms with Crippen LogP contribution in [0.25, 0.3) is 11.6 Å². The van der Waals surface area contributed by atoms with E-state index >= 15 is 0 Å². The summed E-state index contributed by atoms with van der Waals surface area (Å²) < 4.78 is 6.27. The predicted molar refractivity (Wildman–Crippen MR) is 133 cm³/mol. The van der Waals surface area contributed by atoms with Crippen LogP contribution in [-0.2, 0) is 0 Å². The Morgan fingerprint density at radius 3 is 2.16 bits per heavy atom. The molecule has 2 aliphatic rings. The highest BCUT2D eigenvalue weighted by Gasteiger charge is 2.25. The quantitative estimate of drug-likeness (QED) is 0.632. The Balaban J connectivity index is 1.89. The molecule has 0 radical (unpaired) electrons. The molecule has 0 spiro atoms. The lowest BCUT2D eigenvalue weighted by Crippen LogP contribution is -2.27. The maximum atomic E-state index is 6.27. The van der Waals surface area contributed by atoms with Crippen molar-refractivity contribution in [1.29, 1.82) is 0 Å². The van der Waals surface area contributed by atoms with E-state index in [0.717, 1.165) is 11.3 Å². The topological polar surface area (TPSA) is 15.7 Å². The summed E-state index contributed by atoms with van der Waals surface area (Å²) in [7, 11) is 8.35. The number of likely N-dealkylation sites (N-methyl/N-ethyl adjacent to an activating group) is 1. The molecule has 0 amide bonds. The van der Waals surface area contributed by atoms with Crippen LogP contribution in [0.5, 0.6) is 5.75 Å². The molecule has 3 nitrogen and oxygen atoms in total. The van der Waals surface area contributed by atoms with Gasteiger partial charge in [-0.25, -0.2) is 0 Å². The van der Waals surface area contributed by atoms with Gasteiger partial charge in [-0.3, -0.25) is 4.90 Å². The van der Waals surface area contributed by atoms with Crippen LogP contribution in [0.4, 0.5) is 5.69 Å². The first-order valence-corrected chi connectivity index (χ1v) is 10.8. The van der Waals surface area contributed by atoms with E-state index in [1.54, 1.807) is 0 Å². The highest BCUT2D eigenvalue weighted by atomic mass is 16.5. The summed E-state index contributed by atoms with van der Waals surface area (Å²) in [4.78, 5) is 4.33. The van der Waals surface area contributed by atoms with Gasteiger partial charge >= 0.3 is 0 Å². The molecule has 0 saturated carbocycles. The molecule has 0 atom stereocenters. The zero-order chi connectivity index (χ0) is 22.2. The summed E-state index contributed by atoms with van der Waals surface area (Å²) in [6.07, 6.45) is 13.4. The largest absolute Gasteiger partial charge is 0.483 e. The third kappa shape index (κ3) is 4.38. The normalized spacial score (nSPS) is 18.7. The Kier molecular flexibility index (Phi) is 5.63. The van der Waals surface area contributed by atoms with E-state index in [4.69, 9.17) is 4.74 Å². The Hall–Kier alpha value is -3.04. The summed E-state index contributed by atoms with van der Waals surface area (Å²) in [6.45, 7) is 4.18. The molecular weight excluding hydrogens is 380 g/mol. The van der Waals surface area contributed by atoms with Gasteiger partial charge in [0, 0.05) is 31.4 Å². The number of ether oxygens (including phenoxy) is 1. The van der Waals surface area contributed by atoms with Crippen molar-refractivity contribution in [3.8, 4) is 5.75 Å². The molecule has 0 aromatic heterocycles. The minimum Gasteiger partial charge on any atom is -0.483 e. The van der Waals surface area contributed by atoms with Gasteiger partial charge < -0.3 is 9.64 Å². The third-order valence-corrected chi connectivity index (χ3v) is 5.86. The van der Waals surface area contributed by atoms with Gasteiger partial charge in [-0.15, -0.1) is 0 Å². The van der Waals surface area contributed by atoms with Gasteiger partial charge in [-0.2, -0.15) is 0 Å². The number of hydrogen-bond acceptors (Lipinski definition) is 3. The van der Waals surface area contributed by atoms with E-state index in [2.05, 4.69) is 131 Å². The van der Waals surface area contributed by atoms with Gasteiger partial charge in [0.25, 0.3) is 0 Å². The Bertz CT molecular complexity index is 1070. The maximum Gasteiger partial charge on any atom is 0.128 e. The molecule has 3 heteroatoms.